The summed E-state index contributed by atoms with van der Waals surface area (Å²) in [5, 5.41) is 3.13. The van der Waals surface area contributed by atoms with Gasteiger partial charge in [0.15, 0.2) is 0 Å². The lowest BCUT2D eigenvalue weighted by Gasteiger charge is -2.10. The summed E-state index contributed by atoms with van der Waals surface area (Å²) in [6, 6.07) is 3.67. The van der Waals surface area contributed by atoms with Crippen molar-refractivity contribution in [3.05, 3.63) is 35.4 Å². The number of rotatable bonds is 6. The highest BCUT2D eigenvalue weighted by molar-refractivity contribution is 5.18. The van der Waals surface area contributed by atoms with Crippen LogP contribution in [0.4, 0.5) is 8.78 Å². The highest BCUT2D eigenvalue weighted by Gasteiger charge is 2.02. The van der Waals surface area contributed by atoms with Gasteiger partial charge in [0, 0.05) is 18.2 Å². The van der Waals surface area contributed by atoms with Crippen LogP contribution in [0.15, 0.2) is 18.2 Å². The first-order chi connectivity index (χ1) is 7.59. The van der Waals surface area contributed by atoms with E-state index >= 15 is 0 Å². The minimum absolute atomic E-state index is 0.444. The van der Waals surface area contributed by atoms with E-state index in [2.05, 4.69) is 10.2 Å². The molecule has 0 heterocycles. The molecule has 0 fully saturated rings. The maximum atomic E-state index is 13.2. The van der Waals surface area contributed by atoms with Crippen LogP contribution in [-0.2, 0) is 6.54 Å². The van der Waals surface area contributed by atoms with Gasteiger partial charge in [0.2, 0.25) is 0 Å². The number of hydrogen-bond donors (Lipinski definition) is 1. The van der Waals surface area contributed by atoms with Crippen LogP contribution in [0.2, 0.25) is 0 Å². The summed E-state index contributed by atoms with van der Waals surface area (Å²) in [6.45, 7) is 2.27. The Bertz CT molecular complexity index is 327. The van der Waals surface area contributed by atoms with Crippen molar-refractivity contribution < 1.29 is 8.78 Å². The molecular formula is C12H18F2N2. The molecule has 1 rings (SSSR count). The topological polar surface area (TPSA) is 15.3 Å². The Morgan fingerprint density at radius 1 is 1.25 bits per heavy atom. The molecule has 0 atom stereocenters. The molecule has 0 aliphatic carbocycles. The number of hydrogen-bond acceptors (Lipinski definition) is 2. The van der Waals surface area contributed by atoms with Crippen molar-refractivity contribution in [2.24, 2.45) is 0 Å². The third-order valence-electron chi connectivity index (χ3n) is 2.29. The van der Waals surface area contributed by atoms with E-state index in [-0.39, 0.29) is 0 Å². The van der Waals surface area contributed by atoms with Crippen LogP contribution < -0.4 is 5.32 Å². The predicted octanol–water partition coefficient (Wildman–Crippen LogP) is 2.01. The van der Waals surface area contributed by atoms with Gasteiger partial charge in [0.1, 0.15) is 11.6 Å². The lowest BCUT2D eigenvalue weighted by Crippen LogP contribution is -2.21. The van der Waals surface area contributed by atoms with Crippen LogP contribution in [0, 0.1) is 11.6 Å². The monoisotopic (exact) mass is 228 g/mol. The molecule has 4 heteroatoms. The summed E-state index contributed by atoms with van der Waals surface area (Å²) < 4.78 is 25.8. The highest BCUT2D eigenvalue weighted by Crippen LogP contribution is 2.08. The Kier molecular flexibility index (Phi) is 5.35. The van der Waals surface area contributed by atoms with Gasteiger partial charge < -0.3 is 10.2 Å². The third kappa shape index (κ3) is 4.68. The molecule has 0 aliphatic heterocycles. The predicted molar refractivity (Wildman–Crippen MR) is 61.2 cm³/mol. The summed E-state index contributed by atoms with van der Waals surface area (Å²) in [6.07, 6.45) is 1.01. The second-order valence-electron chi connectivity index (χ2n) is 4.07. The van der Waals surface area contributed by atoms with Gasteiger partial charge >= 0.3 is 0 Å². The summed E-state index contributed by atoms with van der Waals surface area (Å²) in [7, 11) is 4.03. The van der Waals surface area contributed by atoms with Crippen LogP contribution in [0.1, 0.15) is 12.0 Å². The van der Waals surface area contributed by atoms with Gasteiger partial charge in [0.25, 0.3) is 0 Å². The van der Waals surface area contributed by atoms with Gasteiger partial charge in [-0.3, -0.25) is 0 Å². The Labute approximate surface area is 95.3 Å². The van der Waals surface area contributed by atoms with Gasteiger partial charge in [-0.2, -0.15) is 0 Å². The van der Waals surface area contributed by atoms with E-state index in [0.717, 1.165) is 25.6 Å². The fraction of sp³-hybridized carbons (Fsp3) is 0.500. The second-order valence-corrected chi connectivity index (χ2v) is 4.07. The summed E-state index contributed by atoms with van der Waals surface area (Å²) >= 11 is 0. The minimum Gasteiger partial charge on any atom is -0.313 e. The van der Waals surface area contributed by atoms with E-state index in [1.54, 1.807) is 0 Å². The van der Waals surface area contributed by atoms with E-state index in [1.807, 2.05) is 14.1 Å². The van der Waals surface area contributed by atoms with E-state index in [9.17, 15) is 8.78 Å². The van der Waals surface area contributed by atoms with Gasteiger partial charge in [-0.1, -0.05) is 6.07 Å². The molecule has 0 saturated heterocycles. The normalized spacial score (nSPS) is 11.1. The molecule has 1 N–H and O–H groups in total. The smallest absolute Gasteiger partial charge is 0.130 e. The molecule has 2 nitrogen and oxygen atoms in total. The van der Waals surface area contributed by atoms with Crippen molar-refractivity contribution in [1.29, 1.82) is 0 Å². The quantitative estimate of drug-likeness (QED) is 0.749. The molecule has 90 valence electrons. The van der Waals surface area contributed by atoms with E-state index in [4.69, 9.17) is 0 Å². The molecule has 0 spiro atoms. The zero-order chi connectivity index (χ0) is 12.0. The summed E-state index contributed by atoms with van der Waals surface area (Å²) in [5.41, 5.74) is 0.506. The van der Waals surface area contributed by atoms with E-state index in [1.165, 1.54) is 12.1 Å². The number of nitrogens with one attached hydrogen (secondary N) is 1. The first-order valence-corrected chi connectivity index (χ1v) is 5.39. The maximum absolute atomic E-state index is 13.2. The van der Waals surface area contributed by atoms with Crippen LogP contribution in [0.25, 0.3) is 0 Å². The molecule has 0 radical (unpaired) electrons. The molecule has 0 aromatic heterocycles. The summed E-state index contributed by atoms with van der Waals surface area (Å²) in [4.78, 5) is 2.10. The average molecular weight is 228 g/mol. The van der Waals surface area contributed by atoms with Gasteiger partial charge in [-0.25, -0.2) is 8.78 Å². The molecule has 0 saturated carbocycles. The fourth-order valence-electron chi connectivity index (χ4n) is 1.41. The van der Waals surface area contributed by atoms with Crippen LogP contribution in [0.5, 0.6) is 0 Å². The number of halogens is 2. The Hall–Kier alpha value is -1.00. The van der Waals surface area contributed by atoms with Crippen molar-refractivity contribution >= 4 is 0 Å². The van der Waals surface area contributed by atoms with E-state index in [0.29, 0.717) is 12.1 Å². The molecular weight excluding hydrogens is 210 g/mol. The number of nitrogens with zero attached hydrogens (tertiary/aromatic N) is 1. The van der Waals surface area contributed by atoms with Crippen LogP contribution >= 0.6 is 0 Å². The largest absolute Gasteiger partial charge is 0.313 e. The van der Waals surface area contributed by atoms with Crippen molar-refractivity contribution in [3.8, 4) is 0 Å². The standard InChI is InChI=1S/C12H18F2N2/c1-16(2)7-3-6-15-9-10-4-5-11(13)8-12(10)14/h4-5,8,15H,3,6-7,9H2,1-2H3. The molecule has 1 aromatic rings. The molecule has 0 bridgehead atoms. The van der Waals surface area contributed by atoms with Crippen molar-refractivity contribution in [2.75, 3.05) is 27.2 Å². The van der Waals surface area contributed by atoms with Crippen molar-refractivity contribution in [1.82, 2.24) is 10.2 Å². The molecule has 0 unspecified atom stereocenters. The lowest BCUT2D eigenvalue weighted by atomic mass is 10.2. The van der Waals surface area contributed by atoms with Crippen LogP contribution in [-0.4, -0.2) is 32.1 Å². The first kappa shape index (κ1) is 13.1. The fourth-order valence-corrected chi connectivity index (χ4v) is 1.41. The Morgan fingerprint density at radius 2 is 2.00 bits per heavy atom. The minimum atomic E-state index is -0.533. The highest BCUT2D eigenvalue weighted by atomic mass is 19.1. The molecule has 16 heavy (non-hydrogen) atoms. The molecule has 0 amide bonds. The Balaban J connectivity index is 2.27. The Morgan fingerprint density at radius 3 is 2.62 bits per heavy atom. The van der Waals surface area contributed by atoms with Gasteiger partial charge in [-0.15, -0.1) is 0 Å². The zero-order valence-electron chi connectivity index (χ0n) is 9.76. The van der Waals surface area contributed by atoms with Crippen LogP contribution in [0.3, 0.4) is 0 Å². The molecule has 1 aromatic carbocycles. The zero-order valence-corrected chi connectivity index (χ0v) is 9.76. The summed E-state index contributed by atoms with van der Waals surface area (Å²) in [5.74, 6) is -1.02. The van der Waals surface area contributed by atoms with Crippen molar-refractivity contribution in [3.63, 3.8) is 0 Å². The van der Waals surface area contributed by atoms with Crippen molar-refractivity contribution in [2.45, 2.75) is 13.0 Å². The van der Waals surface area contributed by atoms with E-state index < -0.39 is 11.6 Å². The molecule has 0 aliphatic rings. The number of benzene rings is 1. The maximum Gasteiger partial charge on any atom is 0.130 e. The first-order valence-electron chi connectivity index (χ1n) is 5.39. The van der Waals surface area contributed by atoms with Gasteiger partial charge in [0.05, 0.1) is 0 Å². The SMILES string of the molecule is CN(C)CCCNCc1ccc(F)cc1F. The second kappa shape index (κ2) is 6.55. The average Bonchev–Trinajstić information content (AvgIpc) is 2.20. The lowest BCUT2D eigenvalue weighted by molar-refractivity contribution is 0.394. The third-order valence-corrected chi connectivity index (χ3v) is 2.29. The van der Waals surface area contributed by atoms with Gasteiger partial charge in [-0.05, 0) is 39.7 Å².